The van der Waals surface area contributed by atoms with Gasteiger partial charge in [-0.3, -0.25) is 0 Å². The standard InChI is InChI=1S/C24H26O2Si/c1-19-17-18-24(23-16-10-9-15-22(19)23)26-27(25-2,20-11-5-3-6-12-20)21-13-7-4-8-14-21/h3-16,19,24H,17-18H2,1-2H3. The monoisotopic (exact) mass is 374 g/mol. The molecule has 1 aliphatic carbocycles. The molecule has 0 aliphatic heterocycles. The second-order valence-corrected chi connectivity index (χ2v) is 10.3. The van der Waals surface area contributed by atoms with Gasteiger partial charge in [0.25, 0.3) is 0 Å². The Kier molecular flexibility index (Phi) is 5.26. The fourth-order valence-electron chi connectivity index (χ4n) is 4.19. The van der Waals surface area contributed by atoms with Crippen LogP contribution in [0.4, 0.5) is 0 Å². The Morgan fingerprint density at radius 2 is 1.22 bits per heavy atom. The summed E-state index contributed by atoms with van der Waals surface area (Å²) >= 11 is 0. The van der Waals surface area contributed by atoms with E-state index in [9.17, 15) is 0 Å². The predicted molar refractivity (Wildman–Crippen MR) is 113 cm³/mol. The van der Waals surface area contributed by atoms with E-state index in [1.807, 2.05) is 12.1 Å². The summed E-state index contributed by atoms with van der Waals surface area (Å²) in [6.07, 6.45) is 2.22. The van der Waals surface area contributed by atoms with E-state index in [-0.39, 0.29) is 6.10 Å². The van der Waals surface area contributed by atoms with Crippen LogP contribution in [0.3, 0.4) is 0 Å². The highest BCUT2D eigenvalue weighted by molar-refractivity contribution is 6.92. The van der Waals surface area contributed by atoms with Gasteiger partial charge < -0.3 is 8.85 Å². The Labute approximate surface area is 163 Å². The second kappa shape index (κ2) is 7.81. The molecule has 0 heterocycles. The van der Waals surface area contributed by atoms with Crippen molar-refractivity contribution in [1.82, 2.24) is 0 Å². The number of fused-ring (bicyclic) bond motifs is 1. The van der Waals surface area contributed by atoms with Gasteiger partial charge in [-0.2, -0.15) is 0 Å². The van der Waals surface area contributed by atoms with Gasteiger partial charge in [0, 0.05) is 7.11 Å². The summed E-state index contributed by atoms with van der Waals surface area (Å²) < 4.78 is 13.3. The van der Waals surface area contributed by atoms with Crippen LogP contribution in [-0.4, -0.2) is 15.7 Å². The second-order valence-electron chi connectivity index (χ2n) is 7.27. The minimum absolute atomic E-state index is 0.0597. The van der Waals surface area contributed by atoms with Crippen LogP contribution >= 0.6 is 0 Å². The summed E-state index contributed by atoms with van der Waals surface area (Å²) in [5.41, 5.74) is 2.73. The molecule has 0 amide bonds. The topological polar surface area (TPSA) is 18.5 Å². The van der Waals surface area contributed by atoms with Gasteiger partial charge in [0.15, 0.2) is 0 Å². The van der Waals surface area contributed by atoms with E-state index in [4.69, 9.17) is 8.85 Å². The summed E-state index contributed by atoms with van der Waals surface area (Å²) in [6.45, 7) is 2.31. The Hall–Kier alpha value is -2.20. The highest BCUT2D eigenvalue weighted by Crippen LogP contribution is 2.40. The van der Waals surface area contributed by atoms with Crippen LogP contribution < -0.4 is 10.4 Å². The van der Waals surface area contributed by atoms with Crippen LogP contribution in [0.2, 0.25) is 0 Å². The van der Waals surface area contributed by atoms with Gasteiger partial charge in [-0.05, 0) is 40.3 Å². The molecule has 0 aromatic heterocycles. The third-order valence-electron chi connectivity index (χ3n) is 5.64. The first-order valence-electron chi connectivity index (χ1n) is 9.67. The van der Waals surface area contributed by atoms with Crippen LogP contribution in [0.25, 0.3) is 0 Å². The molecule has 0 bridgehead atoms. The fraction of sp³-hybridized carbons (Fsp3) is 0.250. The van der Waals surface area contributed by atoms with Crippen molar-refractivity contribution in [3.05, 3.63) is 96.1 Å². The van der Waals surface area contributed by atoms with Crippen LogP contribution in [0, 0.1) is 0 Å². The average molecular weight is 375 g/mol. The zero-order valence-electron chi connectivity index (χ0n) is 16.0. The van der Waals surface area contributed by atoms with Crippen LogP contribution in [0.5, 0.6) is 0 Å². The lowest BCUT2D eigenvalue weighted by Crippen LogP contribution is -2.63. The molecule has 138 valence electrons. The van der Waals surface area contributed by atoms with Gasteiger partial charge in [0.2, 0.25) is 0 Å². The van der Waals surface area contributed by atoms with Crippen LogP contribution in [-0.2, 0) is 8.85 Å². The van der Waals surface area contributed by atoms with Crippen molar-refractivity contribution in [1.29, 1.82) is 0 Å². The number of rotatable bonds is 5. The van der Waals surface area contributed by atoms with Crippen molar-refractivity contribution in [2.45, 2.75) is 31.8 Å². The van der Waals surface area contributed by atoms with Gasteiger partial charge in [0.05, 0.1) is 6.10 Å². The quantitative estimate of drug-likeness (QED) is 0.610. The molecule has 0 radical (unpaired) electrons. The number of benzene rings is 3. The molecule has 3 aromatic carbocycles. The highest BCUT2D eigenvalue weighted by atomic mass is 28.4. The molecule has 0 fully saturated rings. The summed E-state index contributed by atoms with van der Waals surface area (Å²) in [5.74, 6) is 0.577. The third kappa shape index (κ3) is 3.38. The Bertz CT molecular complexity index is 840. The van der Waals surface area contributed by atoms with Crippen molar-refractivity contribution in [3.63, 3.8) is 0 Å². The molecule has 0 saturated carbocycles. The molecule has 2 atom stereocenters. The zero-order chi connectivity index (χ0) is 18.7. The Morgan fingerprint density at radius 1 is 0.704 bits per heavy atom. The highest BCUT2D eigenvalue weighted by Gasteiger charge is 2.45. The molecule has 2 nitrogen and oxygen atoms in total. The molecule has 27 heavy (non-hydrogen) atoms. The molecule has 0 spiro atoms. The van der Waals surface area contributed by atoms with Gasteiger partial charge in [-0.1, -0.05) is 91.9 Å². The van der Waals surface area contributed by atoms with Gasteiger partial charge in [0.1, 0.15) is 0 Å². The summed E-state index contributed by atoms with van der Waals surface area (Å²) in [6, 6.07) is 29.6. The SMILES string of the molecule is CO[Si](OC1CCC(C)c2ccccc21)(c1ccccc1)c1ccccc1. The van der Waals surface area contributed by atoms with E-state index in [1.54, 1.807) is 7.11 Å². The minimum atomic E-state index is -2.80. The van der Waals surface area contributed by atoms with Crippen molar-refractivity contribution in [3.8, 4) is 0 Å². The van der Waals surface area contributed by atoms with E-state index >= 15 is 0 Å². The first-order chi connectivity index (χ1) is 13.2. The van der Waals surface area contributed by atoms with Crippen molar-refractivity contribution >= 4 is 18.9 Å². The lowest BCUT2D eigenvalue weighted by molar-refractivity contribution is 0.129. The summed E-state index contributed by atoms with van der Waals surface area (Å²) in [5, 5.41) is 2.30. The Balaban J connectivity index is 1.80. The van der Waals surface area contributed by atoms with E-state index < -0.39 is 8.56 Å². The van der Waals surface area contributed by atoms with Crippen molar-refractivity contribution < 1.29 is 8.85 Å². The molecule has 2 unspecified atom stereocenters. The van der Waals surface area contributed by atoms with Crippen molar-refractivity contribution in [2.24, 2.45) is 0 Å². The summed E-state index contributed by atoms with van der Waals surface area (Å²) in [4.78, 5) is 0. The molecule has 0 N–H and O–H groups in total. The van der Waals surface area contributed by atoms with Crippen molar-refractivity contribution in [2.75, 3.05) is 7.11 Å². The predicted octanol–water partition coefficient (Wildman–Crippen LogP) is 4.54. The maximum absolute atomic E-state index is 6.99. The van der Waals surface area contributed by atoms with E-state index in [0.29, 0.717) is 5.92 Å². The van der Waals surface area contributed by atoms with Crippen LogP contribution in [0.1, 0.15) is 42.9 Å². The average Bonchev–Trinajstić information content (AvgIpc) is 2.75. The van der Waals surface area contributed by atoms with E-state index in [2.05, 4.69) is 79.7 Å². The first-order valence-corrected chi connectivity index (χ1v) is 11.5. The van der Waals surface area contributed by atoms with Gasteiger partial charge >= 0.3 is 8.56 Å². The lowest BCUT2D eigenvalue weighted by Gasteiger charge is -2.37. The molecular formula is C24H26O2Si. The molecule has 3 aromatic rings. The maximum atomic E-state index is 6.99. The molecule has 0 saturated heterocycles. The number of hydrogen-bond acceptors (Lipinski definition) is 2. The smallest absolute Gasteiger partial charge is 0.391 e. The number of hydrogen-bond donors (Lipinski definition) is 0. The first kappa shape index (κ1) is 18.2. The van der Waals surface area contributed by atoms with Crippen LogP contribution in [0.15, 0.2) is 84.9 Å². The summed E-state index contributed by atoms with van der Waals surface area (Å²) in [7, 11) is -1.00. The molecular weight excluding hydrogens is 348 g/mol. The normalized spacial score (nSPS) is 19.5. The van der Waals surface area contributed by atoms with Gasteiger partial charge in [-0.25, -0.2) is 0 Å². The molecule has 3 heteroatoms. The molecule has 1 aliphatic rings. The largest absolute Gasteiger partial charge is 0.407 e. The van der Waals surface area contributed by atoms with E-state index in [0.717, 1.165) is 23.2 Å². The minimum Gasteiger partial charge on any atom is -0.391 e. The van der Waals surface area contributed by atoms with Gasteiger partial charge in [-0.15, -0.1) is 0 Å². The third-order valence-corrected chi connectivity index (χ3v) is 9.02. The zero-order valence-corrected chi connectivity index (χ0v) is 17.0. The molecule has 4 rings (SSSR count). The fourth-order valence-corrected chi connectivity index (χ4v) is 7.27. The van der Waals surface area contributed by atoms with E-state index in [1.165, 1.54) is 11.1 Å². The maximum Gasteiger partial charge on any atom is 0.407 e. The lowest BCUT2D eigenvalue weighted by atomic mass is 9.82. The Morgan fingerprint density at radius 3 is 1.78 bits per heavy atom.